The Morgan fingerprint density at radius 1 is 1.20 bits per heavy atom. The average molecular weight is 723 g/mol. The number of benzene rings is 1. The van der Waals surface area contributed by atoms with Crippen molar-refractivity contribution in [2.24, 2.45) is 0 Å². The first-order valence-corrected chi connectivity index (χ1v) is 16.7. The second kappa shape index (κ2) is 12.9. The largest absolute Gasteiger partial charge is 0.461 e. The fourth-order valence-electron chi connectivity index (χ4n) is 7.62. The van der Waals surface area contributed by atoms with Crippen molar-refractivity contribution >= 4 is 29.0 Å². The Kier molecular flexibility index (Phi) is 8.91. The molecule has 268 valence electrons. The average Bonchev–Trinajstić information content (AvgIpc) is 3.65. The van der Waals surface area contributed by atoms with Gasteiger partial charge in [0.05, 0.1) is 53.1 Å². The Balaban J connectivity index is 1.27. The van der Waals surface area contributed by atoms with E-state index in [2.05, 4.69) is 15.0 Å². The zero-order chi connectivity index (χ0) is 35.5. The van der Waals surface area contributed by atoms with Gasteiger partial charge >= 0.3 is 12.2 Å². The van der Waals surface area contributed by atoms with Crippen LogP contribution >= 0.6 is 11.6 Å². The number of rotatable bonds is 6. The van der Waals surface area contributed by atoms with Gasteiger partial charge < -0.3 is 25.0 Å². The first kappa shape index (κ1) is 34.4. The minimum atomic E-state index is -4.78. The third-order valence-electron chi connectivity index (χ3n) is 9.99. The number of alkyl halides is 3. The fraction of sp³-hybridized carbons (Fsp3) is 0.515. The summed E-state index contributed by atoms with van der Waals surface area (Å²) in [5.41, 5.74) is 5.79. The highest BCUT2D eigenvalue weighted by Crippen LogP contribution is 2.45. The molecule has 7 rings (SSSR count). The molecule has 0 aliphatic carbocycles. The van der Waals surface area contributed by atoms with Gasteiger partial charge in [0.25, 0.3) is 5.91 Å². The fourth-order valence-corrected chi connectivity index (χ4v) is 7.96. The lowest BCUT2D eigenvalue weighted by Gasteiger charge is -2.33. The van der Waals surface area contributed by atoms with E-state index >= 15 is 4.39 Å². The van der Waals surface area contributed by atoms with Crippen molar-refractivity contribution in [2.75, 3.05) is 51.0 Å². The van der Waals surface area contributed by atoms with Gasteiger partial charge in [-0.3, -0.25) is 14.4 Å². The molecular weight excluding hydrogens is 687 g/mol. The Bertz CT molecular complexity index is 1870. The van der Waals surface area contributed by atoms with Crippen LogP contribution in [0.25, 0.3) is 0 Å². The molecule has 1 aromatic carbocycles. The Labute approximate surface area is 289 Å². The van der Waals surface area contributed by atoms with Gasteiger partial charge in [-0.15, -0.1) is 0 Å². The van der Waals surface area contributed by atoms with E-state index in [1.54, 1.807) is 0 Å². The van der Waals surface area contributed by atoms with E-state index < -0.39 is 40.1 Å². The van der Waals surface area contributed by atoms with Gasteiger partial charge in [-0.05, 0) is 55.5 Å². The van der Waals surface area contributed by atoms with E-state index in [1.807, 2.05) is 4.90 Å². The highest BCUT2D eigenvalue weighted by atomic mass is 35.5. The number of amides is 1. The molecule has 17 heteroatoms. The molecule has 6 heterocycles. The lowest BCUT2D eigenvalue weighted by atomic mass is 9.94. The lowest BCUT2D eigenvalue weighted by Crippen LogP contribution is -2.43. The Hall–Kier alpha value is -4.02. The van der Waals surface area contributed by atoms with Crippen LogP contribution < -0.4 is 15.4 Å². The van der Waals surface area contributed by atoms with Gasteiger partial charge in [-0.25, -0.2) is 8.78 Å². The quantitative estimate of drug-likeness (QED) is 0.262. The van der Waals surface area contributed by atoms with Crippen LogP contribution in [0.2, 0.25) is 5.02 Å². The third-order valence-corrected chi connectivity index (χ3v) is 10.3. The predicted molar refractivity (Wildman–Crippen MR) is 173 cm³/mol. The molecule has 4 aliphatic heterocycles. The second-order valence-electron chi connectivity index (χ2n) is 13.5. The molecule has 2 atom stereocenters. The van der Waals surface area contributed by atoms with Crippen molar-refractivity contribution < 1.29 is 36.2 Å². The van der Waals surface area contributed by atoms with Crippen molar-refractivity contribution in [1.82, 2.24) is 29.5 Å². The van der Waals surface area contributed by atoms with Crippen LogP contribution in [0.4, 0.5) is 33.5 Å². The second-order valence-corrected chi connectivity index (χ2v) is 13.9. The molecule has 0 spiro atoms. The monoisotopic (exact) mass is 722 g/mol. The molecule has 2 aromatic heterocycles. The number of carbonyl (C=O) groups is 1. The molecule has 0 saturated carbocycles. The van der Waals surface area contributed by atoms with Crippen molar-refractivity contribution in [3.05, 3.63) is 68.6 Å². The number of nitrogens with zero attached hydrogens (tertiary/aromatic N) is 7. The van der Waals surface area contributed by atoms with Crippen LogP contribution in [-0.4, -0.2) is 81.3 Å². The number of hydrogen-bond donors (Lipinski definition) is 1. The molecule has 0 bridgehead atoms. The Morgan fingerprint density at radius 2 is 2.00 bits per heavy atom. The zero-order valence-corrected chi connectivity index (χ0v) is 28.3. The molecule has 0 radical (unpaired) electrons. The summed E-state index contributed by atoms with van der Waals surface area (Å²) in [5.74, 6) is -0.929. The maximum Gasteiger partial charge on any atom is 0.418 e. The minimum absolute atomic E-state index is 0.00270. The number of aryl methyl sites for hydroxylation is 1. The molecule has 0 unspecified atom stereocenters. The van der Waals surface area contributed by atoms with Gasteiger partial charge in [0, 0.05) is 51.4 Å². The molecular formula is C33H36ClF5N8O3. The summed E-state index contributed by atoms with van der Waals surface area (Å²) in [6.07, 6.45) is -2.59. The molecule has 11 nitrogen and oxygen atoms in total. The number of nitrogen functional groups attached to an aromatic ring is 1. The summed E-state index contributed by atoms with van der Waals surface area (Å²) in [5, 5.41) is 3.72. The summed E-state index contributed by atoms with van der Waals surface area (Å²) in [6, 6.07) is 2.25. The number of ether oxygens (including phenoxy) is 2. The Morgan fingerprint density at radius 3 is 2.74 bits per heavy atom. The third kappa shape index (κ3) is 6.15. The van der Waals surface area contributed by atoms with Gasteiger partial charge in [-0.1, -0.05) is 11.6 Å². The smallest absolute Gasteiger partial charge is 0.418 e. The van der Waals surface area contributed by atoms with Crippen molar-refractivity contribution in [2.45, 2.75) is 69.6 Å². The van der Waals surface area contributed by atoms with Crippen molar-refractivity contribution in [3.63, 3.8) is 0 Å². The van der Waals surface area contributed by atoms with E-state index in [4.69, 9.17) is 31.8 Å². The molecule has 1 amide bonds. The zero-order valence-electron chi connectivity index (χ0n) is 27.5. The molecule has 4 aliphatic rings. The summed E-state index contributed by atoms with van der Waals surface area (Å²) in [6.45, 7) is 2.07. The lowest BCUT2D eigenvalue weighted by molar-refractivity contribution is -0.139. The van der Waals surface area contributed by atoms with E-state index in [0.29, 0.717) is 61.5 Å². The van der Waals surface area contributed by atoms with Crippen LogP contribution in [0.5, 0.6) is 6.01 Å². The maximum atomic E-state index is 15.7. The van der Waals surface area contributed by atoms with Crippen LogP contribution in [0.1, 0.15) is 70.4 Å². The topological polar surface area (TPSA) is 115 Å². The van der Waals surface area contributed by atoms with E-state index in [-0.39, 0.29) is 54.8 Å². The first-order valence-electron chi connectivity index (χ1n) is 16.3. The minimum Gasteiger partial charge on any atom is -0.461 e. The SMILES string of the molecule is CN(C)C(=O)c1nn2c(c1F)CN(c1nc(OC[C@@]34CCCN3C/C(=C\F)C4)nc3c1CO[C@H](c1cc(N)cc(Cl)c1C(F)(F)F)C3)CCC2. The highest BCUT2D eigenvalue weighted by molar-refractivity contribution is 6.31. The molecule has 3 aromatic rings. The summed E-state index contributed by atoms with van der Waals surface area (Å²) in [4.78, 5) is 27.4. The van der Waals surface area contributed by atoms with Crippen LogP contribution in [0.15, 0.2) is 24.0 Å². The molecule has 50 heavy (non-hydrogen) atoms. The number of aromatic nitrogens is 4. The van der Waals surface area contributed by atoms with E-state index in [9.17, 15) is 22.4 Å². The van der Waals surface area contributed by atoms with Crippen molar-refractivity contribution in [3.8, 4) is 6.01 Å². The van der Waals surface area contributed by atoms with Gasteiger partial charge in [0.15, 0.2) is 11.5 Å². The highest BCUT2D eigenvalue weighted by Gasteiger charge is 2.47. The standard InChI is InChI=1S/C33H36ClF5N8O3/c1-44(2)30(48)28-27(36)24-15-45(6-4-8-47(24)43-28)29-21-16-49-25(20-9-19(40)10-22(34)26(20)33(37,38)39)11-23(21)41-31(42-29)50-17-32-5-3-7-46(32)14-18(12-32)13-35/h9-10,13,25H,3-8,11-12,14-17,40H2,1-2H3/b18-13-/t25-,32-/m0/s1. The number of nitrogens with two attached hydrogens (primary N) is 1. The number of anilines is 2. The summed E-state index contributed by atoms with van der Waals surface area (Å²) >= 11 is 6.07. The number of fused-ring (bicyclic) bond motifs is 3. The number of halogens is 6. The summed E-state index contributed by atoms with van der Waals surface area (Å²) in [7, 11) is 3.03. The molecule has 2 fully saturated rings. The van der Waals surface area contributed by atoms with Crippen LogP contribution in [0.3, 0.4) is 0 Å². The maximum absolute atomic E-state index is 15.7. The summed E-state index contributed by atoms with van der Waals surface area (Å²) < 4.78 is 85.8. The van der Waals surface area contributed by atoms with E-state index in [1.165, 1.54) is 29.7 Å². The van der Waals surface area contributed by atoms with Crippen molar-refractivity contribution in [1.29, 1.82) is 0 Å². The number of carbonyl (C=O) groups excluding carboxylic acids is 1. The first-order chi connectivity index (χ1) is 23.8. The number of hydrogen-bond acceptors (Lipinski definition) is 9. The predicted octanol–water partition coefficient (Wildman–Crippen LogP) is 5.46. The molecule has 2 N–H and O–H groups in total. The van der Waals surface area contributed by atoms with Crippen LogP contribution in [-0.2, 0) is 37.0 Å². The van der Waals surface area contributed by atoms with Gasteiger partial charge in [0.1, 0.15) is 12.4 Å². The van der Waals surface area contributed by atoms with Gasteiger partial charge in [0.2, 0.25) is 0 Å². The van der Waals surface area contributed by atoms with Gasteiger partial charge in [-0.2, -0.15) is 28.2 Å². The normalized spacial score (nSPS) is 23.1. The molecule has 2 saturated heterocycles. The van der Waals surface area contributed by atoms with E-state index in [0.717, 1.165) is 25.5 Å². The van der Waals surface area contributed by atoms with Crippen LogP contribution in [0, 0.1) is 5.82 Å².